The Kier molecular flexibility index (Phi) is 6.04. The van der Waals surface area contributed by atoms with Gasteiger partial charge in [0.1, 0.15) is 11.5 Å². The highest BCUT2D eigenvalue weighted by Gasteiger charge is 2.29. The van der Waals surface area contributed by atoms with Crippen LogP contribution < -0.4 is 10.3 Å². The van der Waals surface area contributed by atoms with E-state index in [-0.39, 0.29) is 27.2 Å². The molecule has 170 valence electrons. The SMILES string of the molecule is Cc1ccc(S(=O)(=O)NC(c2cccc(Br)c2)c2c(O)cc(O)c3c(C)cc(=O)oc23)cc1. The van der Waals surface area contributed by atoms with Crippen LogP contribution in [0, 0.1) is 13.8 Å². The van der Waals surface area contributed by atoms with Crippen molar-refractivity contribution in [3.63, 3.8) is 0 Å². The van der Waals surface area contributed by atoms with E-state index in [1.807, 2.05) is 6.92 Å². The Bertz CT molecular complexity index is 1530. The Morgan fingerprint density at radius 2 is 1.67 bits per heavy atom. The molecule has 0 saturated heterocycles. The first-order valence-corrected chi connectivity index (χ1v) is 12.2. The summed E-state index contributed by atoms with van der Waals surface area (Å²) in [5, 5.41) is 21.4. The van der Waals surface area contributed by atoms with Crippen molar-refractivity contribution in [3.05, 3.63) is 97.8 Å². The molecule has 0 radical (unpaired) electrons. The van der Waals surface area contributed by atoms with Gasteiger partial charge in [0.25, 0.3) is 0 Å². The zero-order valence-electron chi connectivity index (χ0n) is 17.7. The predicted molar refractivity (Wildman–Crippen MR) is 128 cm³/mol. The van der Waals surface area contributed by atoms with Crippen LogP contribution >= 0.6 is 15.9 Å². The summed E-state index contributed by atoms with van der Waals surface area (Å²) >= 11 is 3.39. The van der Waals surface area contributed by atoms with Crippen LogP contribution in [0.25, 0.3) is 11.0 Å². The average Bonchev–Trinajstić information content (AvgIpc) is 2.72. The molecule has 1 aromatic heterocycles. The maximum Gasteiger partial charge on any atom is 0.336 e. The first-order chi connectivity index (χ1) is 15.6. The highest BCUT2D eigenvalue weighted by Crippen LogP contribution is 2.41. The molecule has 0 amide bonds. The Labute approximate surface area is 198 Å². The third-order valence-corrected chi connectivity index (χ3v) is 7.22. The zero-order chi connectivity index (χ0) is 23.9. The number of aromatic hydroxyl groups is 2. The van der Waals surface area contributed by atoms with Crippen molar-refractivity contribution in [3.8, 4) is 11.5 Å². The van der Waals surface area contributed by atoms with Gasteiger partial charge in [-0.15, -0.1) is 0 Å². The van der Waals surface area contributed by atoms with Gasteiger partial charge in [0.15, 0.2) is 5.58 Å². The van der Waals surface area contributed by atoms with Crippen LogP contribution in [0.3, 0.4) is 0 Å². The normalized spacial score (nSPS) is 12.7. The Morgan fingerprint density at radius 3 is 2.33 bits per heavy atom. The maximum atomic E-state index is 13.3. The van der Waals surface area contributed by atoms with Gasteiger partial charge in [-0.25, -0.2) is 13.2 Å². The minimum atomic E-state index is -4.06. The first-order valence-electron chi connectivity index (χ1n) is 9.90. The van der Waals surface area contributed by atoms with Crippen molar-refractivity contribution in [1.82, 2.24) is 4.72 Å². The number of rotatable bonds is 5. The van der Waals surface area contributed by atoms with Gasteiger partial charge in [0.2, 0.25) is 10.0 Å². The molecule has 4 aromatic rings. The monoisotopic (exact) mass is 529 g/mol. The molecule has 0 fully saturated rings. The van der Waals surface area contributed by atoms with Crippen LogP contribution in [0.5, 0.6) is 11.5 Å². The molecule has 1 atom stereocenters. The van der Waals surface area contributed by atoms with E-state index in [4.69, 9.17) is 4.42 Å². The van der Waals surface area contributed by atoms with Crippen LogP contribution in [-0.2, 0) is 10.0 Å². The van der Waals surface area contributed by atoms with E-state index in [1.54, 1.807) is 43.3 Å². The summed E-state index contributed by atoms with van der Waals surface area (Å²) in [7, 11) is -4.06. The van der Waals surface area contributed by atoms with Crippen molar-refractivity contribution in [2.45, 2.75) is 24.8 Å². The zero-order valence-corrected chi connectivity index (χ0v) is 20.1. The fourth-order valence-electron chi connectivity index (χ4n) is 3.71. The van der Waals surface area contributed by atoms with Crippen LogP contribution in [0.1, 0.15) is 28.3 Å². The van der Waals surface area contributed by atoms with Crippen LogP contribution in [-0.4, -0.2) is 18.6 Å². The lowest BCUT2D eigenvalue weighted by Gasteiger charge is -2.22. The molecule has 0 bridgehead atoms. The lowest BCUT2D eigenvalue weighted by molar-refractivity contribution is 0.441. The molecule has 0 aliphatic rings. The second-order valence-corrected chi connectivity index (χ2v) is 10.3. The Balaban J connectivity index is 2.00. The fourth-order valence-corrected chi connectivity index (χ4v) is 5.32. The average molecular weight is 530 g/mol. The molecule has 0 saturated carbocycles. The molecular formula is C24H20BrNO6S. The summed E-state index contributed by atoms with van der Waals surface area (Å²) < 4.78 is 35.3. The molecule has 0 spiro atoms. The van der Waals surface area contributed by atoms with Gasteiger partial charge in [-0.2, -0.15) is 4.72 Å². The Morgan fingerprint density at radius 1 is 0.970 bits per heavy atom. The molecule has 0 aliphatic heterocycles. The highest BCUT2D eigenvalue weighted by molar-refractivity contribution is 9.10. The van der Waals surface area contributed by atoms with E-state index in [9.17, 15) is 23.4 Å². The molecule has 0 aliphatic carbocycles. The number of hydrogen-bond acceptors (Lipinski definition) is 6. The van der Waals surface area contributed by atoms with Crippen LogP contribution in [0.4, 0.5) is 0 Å². The molecule has 1 unspecified atom stereocenters. The maximum absolute atomic E-state index is 13.3. The predicted octanol–water partition coefficient (Wildman–Crippen LogP) is 4.65. The molecule has 1 heterocycles. The molecule has 9 heteroatoms. The smallest absolute Gasteiger partial charge is 0.336 e. The van der Waals surface area contributed by atoms with Crippen LogP contribution in [0.2, 0.25) is 0 Å². The van der Waals surface area contributed by atoms with Crippen molar-refractivity contribution in [1.29, 1.82) is 0 Å². The summed E-state index contributed by atoms with van der Waals surface area (Å²) in [6.07, 6.45) is 0. The summed E-state index contributed by atoms with van der Waals surface area (Å²) in [5.41, 5.74) is 1.02. The minimum absolute atomic E-state index is 0.0115. The van der Waals surface area contributed by atoms with E-state index < -0.39 is 27.4 Å². The van der Waals surface area contributed by atoms with E-state index in [2.05, 4.69) is 20.7 Å². The van der Waals surface area contributed by atoms with Gasteiger partial charge in [-0.05, 0) is 49.2 Å². The van der Waals surface area contributed by atoms with Crippen molar-refractivity contribution >= 4 is 36.9 Å². The largest absolute Gasteiger partial charge is 0.507 e. The standard InChI is InChI=1S/C24H20BrNO6S/c1-13-6-8-17(9-7-13)33(30,31)26-23(15-4-3-5-16(25)11-15)22-19(28)12-18(27)21-14(2)10-20(29)32-24(21)22/h3-12,23,26-28H,1-2H3. The second kappa shape index (κ2) is 8.66. The third kappa shape index (κ3) is 4.52. The topological polar surface area (TPSA) is 117 Å². The number of benzene rings is 3. The highest BCUT2D eigenvalue weighted by atomic mass is 79.9. The van der Waals surface area contributed by atoms with Gasteiger partial charge in [-0.1, -0.05) is 45.8 Å². The number of sulfonamides is 1. The van der Waals surface area contributed by atoms with Crippen LogP contribution in [0.15, 0.2) is 79.2 Å². The number of aryl methyl sites for hydroxylation is 2. The molecule has 33 heavy (non-hydrogen) atoms. The van der Waals surface area contributed by atoms with Crippen molar-refractivity contribution < 1.29 is 23.0 Å². The molecule has 3 aromatic carbocycles. The summed E-state index contributed by atoms with van der Waals surface area (Å²) in [6.45, 7) is 3.46. The number of hydrogen-bond donors (Lipinski definition) is 3. The number of nitrogens with one attached hydrogen (secondary N) is 1. The third-order valence-electron chi connectivity index (χ3n) is 5.28. The van der Waals surface area contributed by atoms with Gasteiger partial charge < -0.3 is 14.6 Å². The van der Waals surface area contributed by atoms with Gasteiger partial charge in [0.05, 0.1) is 21.9 Å². The van der Waals surface area contributed by atoms with Gasteiger partial charge in [-0.3, -0.25) is 0 Å². The quantitative estimate of drug-likeness (QED) is 0.324. The van der Waals surface area contributed by atoms with Gasteiger partial charge in [0, 0.05) is 16.6 Å². The summed E-state index contributed by atoms with van der Waals surface area (Å²) in [5.74, 6) is -0.716. The fraction of sp³-hybridized carbons (Fsp3) is 0.125. The first kappa shape index (κ1) is 23.0. The molecular weight excluding hydrogens is 510 g/mol. The lowest BCUT2D eigenvalue weighted by Crippen LogP contribution is -2.30. The van der Waals surface area contributed by atoms with E-state index >= 15 is 0 Å². The lowest BCUT2D eigenvalue weighted by atomic mass is 9.95. The minimum Gasteiger partial charge on any atom is -0.507 e. The van der Waals surface area contributed by atoms with E-state index in [1.165, 1.54) is 18.2 Å². The van der Waals surface area contributed by atoms with E-state index in [0.29, 0.717) is 15.6 Å². The Hall–Kier alpha value is -3.14. The number of phenols is 2. The number of halogens is 1. The van der Waals surface area contributed by atoms with Crippen molar-refractivity contribution in [2.24, 2.45) is 0 Å². The van der Waals surface area contributed by atoms with E-state index in [0.717, 1.165) is 11.6 Å². The molecule has 7 nitrogen and oxygen atoms in total. The summed E-state index contributed by atoms with van der Waals surface area (Å²) in [6, 6.07) is 14.4. The summed E-state index contributed by atoms with van der Waals surface area (Å²) in [4.78, 5) is 12.2. The number of fused-ring (bicyclic) bond motifs is 1. The second-order valence-electron chi connectivity index (χ2n) is 7.70. The molecule has 4 rings (SSSR count). The van der Waals surface area contributed by atoms with Gasteiger partial charge >= 0.3 is 5.63 Å². The van der Waals surface area contributed by atoms with Crippen molar-refractivity contribution in [2.75, 3.05) is 0 Å². The number of phenolic OH excluding ortho intramolecular Hbond substituents is 2. The molecule has 3 N–H and O–H groups in total.